The molecule has 16 heavy (non-hydrogen) atoms. The molecule has 0 aliphatic carbocycles. The zero-order valence-corrected chi connectivity index (χ0v) is 11.0. The molecule has 0 unspecified atom stereocenters. The Morgan fingerprint density at radius 3 is 2.31 bits per heavy atom. The van der Waals surface area contributed by atoms with E-state index in [-0.39, 0.29) is 0 Å². The van der Waals surface area contributed by atoms with Crippen LogP contribution in [0.1, 0.15) is 11.4 Å². The molecule has 1 aromatic carbocycles. The third-order valence-corrected chi connectivity index (χ3v) is 2.75. The van der Waals surface area contributed by atoms with Gasteiger partial charge < -0.3 is 4.74 Å². The molecule has 2 rings (SSSR count). The van der Waals surface area contributed by atoms with Crippen LogP contribution < -0.4 is 4.74 Å². The van der Waals surface area contributed by atoms with Crippen LogP contribution >= 0.6 is 22.6 Å². The lowest BCUT2D eigenvalue weighted by Gasteiger charge is -2.02. The van der Waals surface area contributed by atoms with Gasteiger partial charge in [-0.15, -0.1) is 0 Å². The summed E-state index contributed by atoms with van der Waals surface area (Å²) in [5, 5.41) is 0. The standard InChI is InChI=1S/C12H11IN2O/c1-16-11-4-2-9(3-5-11)6-12-14-7-10(13)8-15-12/h2-5,7-8H,6H2,1H3. The van der Waals surface area contributed by atoms with Crippen molar-refractivity contribution >= 4 is 22.6 Å². The van der Waals surface area contributed by atoms with E-state index in [9.17, 15) is 0 Å². The fourth-order valence-electron chi connectivity index (χ4n) is 1.36. The summed E-state index contributed by atoms with van der Waals surface area (Å²) in [5.74, 6) is 1.71. The summed E-state index contributed by atoms with van der Waals surface area (Å²) in [7, 11) is 1.66. The summed E-state index contributed by atoms with van der Waals surface area (Å²) >= 11 is 2.20. The molecule has 0 fully saturated rings. The van der Waals surface area contributed by atoms with Crippen molar-refractivity contribution in [1.29, 1.82) is 0 Å². The first-order valence-electron chi connectivity index (χ1n) is 4.87. The maximum atomic E-state index is 5.10. The van der Waals surface area contributed by atoms with Crippen LogP contribution in [0, 0.1) is 3.57 Å². The highest BCUT2D eigenvalue weighted by Crippen LogP contribution is 2.13. The lowest BCUT2D eigenvalue weighted by Crippen LogP contribution is -1.96. The van der Waals surface area contributed by atoms with Gasteiger partial charge >= 0.3 is 0 Å². The van der Waals surface area contributed by atoms with Crippen molar-refractivity contribution in [2.75, 3.05) is 7.11 Å². The molecule has 0 amide bonds. The molecular weight excluding hydrogens is 315 g/mol. The minimum atomic E-state index is 0.751. The molecular formula is C12H11IN2O. The molecule has 82 valence electrons. The number of ether oxygens (including phenoxy) is 1. The summed E-state index contributed by atoms with van der Waals surface area (Å²) in [6.07, 6.45) is 4.40. The van der Waals surface area contributed by atoms with E-state index in [0.29, 0.717) is 0 Å². The van der Waals surface area contributed by atoms with Gasteiger partial charge in [0.25, 0.3) is 0 Å². The Morgan fingerprint density at radius 1 is 1.12 bits per heavy atom. The monoisotopic (exact) mass is 326 g/mol. The molecule has 0 spiro atoms. The molecule has 1 aromatic heterocycles. The maximum Gasteiger partial charge on any atom is 0.132 e. The van der Waals surface area contributed by atoms with Crippen LogP contribution in [0.25, 0.3) is 0 Å². The number of aromatic nitrogens is 2. The second-order valence-electron chi connectivity index (χ2n) is 3.34. The predicted octanol–water partition coefficient (Wildman–Crippen LogP) is 2.68. The van der Waals surface area contributed by atoms with Crippen LogP contribution in [-0.2, 0) is 6.42 Å². The van der Waals surface area contributed by atoms with Crippen LogP contribution in [0.4, 0.5) is 0 Å². The van der Waals surface area contributed by atoms with Crippen molar-refractivity contribution in [2.45, 2.75) is 6.42 Å². The van der Waals surface area contributed by atoms with E-state index >= 15 is 0 Å². The van der Waals surface area contributed by atoms with Gasteiger partial charge in [-0.05, 0) is 40.3 Å². The van der Waals surface area contributed by atoms with Gasteiger partial charge in [-0.3, -0.25) is 0 Å². The van der Waals surface area contributed by atoms with E-state index in [2.05, 4.69) is 32.6 Å². The second kappa shape index (κ2) is 5.25. The highest BCUT2D eigenvalue weighted by atomic mass is 127. The second-order valence-corrected chi connectivity index (χ2v) is 4.59. The molecule has 0 bridgehead atoms. The molecule has 4 heteroatoms. The van der Waals surface area contributed by atoms with Crippen LogP contribution in [0.5, 0.6) is 5.75 Å². The average Bonchev–Trinajstić information content (AvgIpc) is 2.33. The van der Waals surface area contributed by atoms with Gasteiger partial charge in [0.1, 0.15) is 11.6 Å². The minimum absolute atomic E-state index is 0.751. The molecule has 0 N–H and O–H groups in total. The molecule has 0 radical (unpaired) electrons. The van der Waals surface area contributed by atoms with E-state index in [1.54, 1.807) is 7.11 Å². The van der Waals surface area contributed by atoms with Crippen molar-refractivity contribution < 1.29 is 4.74 Å². The third-order valence-electron chi connectivity index (χ3n) is 2.20. The lowest BCUT2D eigenvalue weighted by molar-refractivity contribution is 0.414. The number of rotatable bonds is 3. The number of methoxy groups -OCH3 is 1. The van der Waals surface area contributed by atoms with Gasteiger partial charge in [-0.2, -0.15) is 0 Å². The summed E-state index contributed by atoms with van der Waals surface area (Å²) in [6.45, 7) is 0. The third kappa shape index (κ3) is 2.91. The Labute approximate surface area is 108 Å². The van der Waals surface area contributed by atoms with Gasteiger partial charge in [-0.1, -0.05) is 12.1 Å². The summed E-state index contributed by atoms with van der Waals surface area (Å²) in [4.78, 5) is 8.53. The van der Waals surface area contributed by atoms with Gasteiger partial charge in [0, 0.05) is 22.4 Å². The Bertz CT molecular complexity index is 453. The van der Waals surface area contributed by atoms with Gasteiger partial charge in [-0.25, -0.2) is 9.97 Å². The van der Waals surface area contributed by atoms with E-state index in [0.717, 1.165) is 21.6 Å². The van der Waals surface area contributed by atoms with Crippen LogP contribution in [0.15, 0.2) is 36.7 Å². The highest BCUT2D eigenvalue weighted by molar-refractivity contribution is 14.1. The number of halogens is 1. The van der Waals surface area contributed by atoms with Crippen LogP contribution in [-0.4, -0.2) is 17.1 Å². The van der Waals surface area contributed by atoms with Crippen molar-refractivity contribution in [1.82, 2.24) is 9.97 Å². The zero-order valence-electron chi connectivity index (χ0n) is 8.85. The first kappa shape index (κ1) is 11.3. The number of benzene rings is 1. The number of nitrogens with zero attached hydrogens (tertiary/aromatic N) is 2. The van der Waals surface area contributed by atoms with Gasteiger partial charge in [0.2, 0.25) is 0 Å². The first-order chi connectivity index (χ1) is 7.78. The number of hydrogen-bond donors (Lipinski definition) is 0. The Hall–Kier alpha value is -1.17. The van der Waals surface area contributed by atoms with Crippen LogP contribution in [0.2, 0.25) is 0 Å². The van der Waals surface area contributed by atoms with Gasteiger partial charge in [0.15, 0.2) is 0 Å². The highest BCUT2D eigenvalue weighted by Gasteiger charge is 1.99. The Balaban J connectivity index is 2.11. The van der Waals surface area contributed by atoms with E-state index < -0.39 is 0 Å². The first-order valence-corrected chi connectivity index (χ1v) is 5.95. The summed E-state index contributed by atoms with van der Waals surface area (Å²) in [5.41, 5.74) is 1.18. The molecule has 1 heterocycles. The zero-order chi connectivity index (χ0) is 11.4. The minimum Gasteiger partial charge on any atom is -0.497 e. The lowest BCUT2D eigenvalue weighted by atomic mass is 10.1. The largest absolute Gasteiger partial charge is 0.497 e. The number of hydrogen-bond acceptors (Lipinski definition) is 3. The fraction of sp³-hybridized carbons (Fsp3) is 0.167. The normalized spacial score (nSPS) is 10.1. The Kier molecular flexibility index (Phi) is 3.71. The van der Waals surface area contributed by atoms with E-state index in [4.69, 9.17) is 4.74 Å². The quantitative estimate of drug-likeness (QED) is 0.814. The molecule has 0 atom stereocenters. The van der Waals surface area contributed by atoms with Crippen molar-refractivity contribution in [3.05, 3.63) is 51.6 Å². The molecule has 0 saturated carbocycles. The van der Waals surface area contributed by atoms with Crippen molar-refractivity contribution in [3.63, 3.8) is 0 Å². The molecule has 3 nitrogen and oxygen atoms in total. The van der Waals surface area contributed by atoms with E-state index in [1.807, 2.05) is 36.7 Å². The smallest absolute Gasteiger partial charge is 0.132 e. The Morgan fingerprint density at radius 2 is 1.75 bits per heavy atom. The van der Waals surface area contributed by atoms with Crippen molar-refractivity contribution in [2.24, 2.45) is 0 Å². The summed E-state index contributed by atoms with van der Waals surface area (Å²) in [6, 6.07) is 7.95. The molecule has 2 aromatic rings. The SMILES string of the molecule is COc1ccc(Cc2ncc(I)cn2)cc1. The van der Waals surface area contributed by atoms with Crippen molar-refractivity contribution in [3.8, 4) is 5.75 Å². The molecule has 0 aliphatic rings. The fourth-order valence-corrected chi connectivity index (χ4v) is 1.63. The topological polar surface area (TPSA) is 35.0 Å². The molecule has 0 aliphatic heterocycles. The van der Waals surface area contributed by atoms with Crippen LogP contribution in [0.3, 0.4) is 0 Å². The average molecular weight is 326 g/mol. The molecule has 0 saturated heterocycles. The van der Waals surface area contributed by atoms with E-state index in [1.165, 1.54) is 5.56 Å². The predicted molar refractivity (Wildman–Crippen MR) is 70.5 cm³/mol. The summed E-state index contributed by atoms with van der Waals surface area (Å²) < 4.78 is 6.15. The van der Waals surface area contributed by atoms with Gasteiger partial charge in [0.05, 0.1) is 7.11 Å². The maximum absolute atomic E-state index is 5.10.